The molecule has 1 aromatic rings. The second-order valence-electron chi connectivity index (χ2n) is 4.94. The summed E-state index contributed by atoms with van der Waals surface area (Å²) < 4.78 is 0.810. The maximum atomic E-state index is 12.4. The van der Waals surface area contributed by atoms with Crippen molar-refractivity contribution in [1.29, 1.82) is 0 Å². The molecule has 0 bridgehead atoms. The Hall–Kier alpha value is -1.14. The molecule has 0 saturated carbocycles. The first-order chi connectivity index (χ1) is 9.08. The largest absolute Gasteiger partial charge is 0.362 e. The van der Waals surface area contributed by atoms with Crippen molar-refractivity contribution in [2.24, 2.45) is 0 Å². The van der Waals surface area contributed by atoms with Crippen LogP contribution in [0.4, 0.5) is 5.82 Å². The van der Waals surface area contributed by atoms with Gasteiger partial charge in [-0.3, -0.25) is 4.79 Å². The van der Waals surface area contributed by atoms with Crippen LogP contribution in [0.5, 0.6) is 0 Å². The van der Waals surface area contributed by atoms with E-state index in [0.29, 0.717) is 11.4 Å². The van der Waals surface area contributed by atoms with Gasteiger partial charge in [0.1, 0.15) is 5.82 Å². The minimum atomic E-state index is -0.0637. The van der Waals surface area contributed by atoms with Crippen LogP contribution >= 0.6 is 15.9 Å². The molecule has 2 heterocycles. The van der Waals surface area contributed by atoms with Gasteiger partial charge in [0.05, 0.1) is 5.56 Å². The Morgan fingerprint density at radius 3 is 3.00 bits per heavy atom. The molecular weight excluding hydrogens is 308 g/mol. The summed E-state index contributed by atoms with van der Waals surface area (Å²) in [6.07, 6.45) is 3.83. The number of pyridine rings is 1. The molecule has 1 atom stereocenters. The molecule has 1 saturated heterocycles. The average molecular weight is 327 g/mol. The lowest BCUT2D eigenvalue weighted by Crippen LogP contribution is -2.45. The van der Waals surface area contributed by atoms with Crippen molar-refractivity contribution in [3.05, 3.63) is 22.3 Å². The molecule has 19 heavy (non-hydrogen) atoms. The number of piperidine rings is 1. The van der Waals surface area contributed by atoms with Gasteiger partial charge in [0.15, 0.2) is 0 Å². The molecule has 6 heteroatoms. The second-order valence-corrected chi connectivity index (χ2v) is 5.85. The van der Waals surface area contributed by atoms with Crippen molar-refractivity contribution in [3.63, 3.8) is 0 Å². The first-order valence-corrected chi connectivity index (χ1v) is 7.21. The van der Waals surface area contributed by atoms with Gasteiger partial charge in [-0.15, -0.1) is 0 Å². The van der Waals surface area contributed by atoms with Crippen molar-refractivity contribution in [3.8, 4) is 0 Å². The molecule has 0 aromatic carbocycles. The fourth-order valence-corrected chi connectivity index (χ4v) is 2.52. The van der Waals surface area contributed by atoms with E-state index in [2.05, 4.69) is 31.5 Å². The lowest BCUT2D eigenvalue weighted by molar-refractivity contribution is 0.0931. The number of nitrogens with one attached hydrogen (secondary N) is 2. The maximum absolute atomic E-state index is 12.4. The molecule has 2 rings (SSSR count). The van der Waals surface area contributed by atoms with Gasteiger partial charge in [-0.05, 0) is 41.4 Å². The average Bonchev–Trinajstić information content (AvgIpc) is 2.39. The molecule has 2 N–H and O–H groups in total. The fraction of sp³-hybridized carbons (Fsp3) is 0.538. The van der Waals surface area contributed by atoms with Gasteiger partial charge >= 0.3 is 0 Å². The zero-order chi connectivity index (χ0) is 13.8. The summed E-state index contributed by atoms with van der Waals surface area (Å²) in [5, 5.41) is 6.36. The third kappa shape index (κ3) is 3.67. The molecule has 1 aromatic heterocycles. The molecule has 0 radical (unpaired) electrons. The number of hydrogen-bond donors (Lipinski definition) is 2. The third-order valence-corrected chi connectivity index (χ3v) is 3.57. The summed E-state index contributed by atoms with van der Waals surface area (Å²) in [7, 11) is 3.77. The monoisotopic (exact) mass is 326 g/mol. The number of halogens is 1. The van der Waals surface area contributed by atoms with Gasteiger partial charge in [-0.2, -0.15) is 0 Å². The van der Waals surface area contributed by atoms with Crippen LogP contribution in [0.3, 0.4) is 0 Å². The highest BCUT2D eigenvalue weighted by Crippen LogP contribution is 2.20. The Morgan fingerprint density at radius 2 is 2.37 bits per heavy atom. The van der Waals surface area contributed by atoms with Crippen LogP contribution in [0.2, 0.25) is 0 Å². The minimum Gasteiger partial charge on any atom is -0.362 e. The van der Waals surface area contributed by atoms with Gasteiger partial charge in [0.25, 0.3) is 5.91 Å². The molecule has 1 amide bonds. The number of carbonyl (C=O) groups excluding carboxylic acids is 1. The van der Waals surface area contributed by atoms with Gasteiger partial charge < -0.3 is 15.5 Å². The Balaban J connectivity index is 2.15. The molecule has 1 unspecified atom stereocenters. The molecule has 5 nitrogen and oxygen atoms in total. The quantitative estimate of drug-likeness (QED) is 0.881. The Labute approximate surface area is 121 Å². The number of anilines is 1. The van der Waals surface area contributed by atoms with Crippen LogP contribution < -0.4 is 15.5 Å². The summed E-state index contributed by atoms with van der Waals surface area (Å²) in [5.41, 5.74) is 0.602. The Morgan fingerprint density at radius 1 is 1.58 bits per heavy atom. The number of rotatable bonds is 3. The number of amides is 1. The van der Waals surface area contributed by atoms with E-state index < -0.39 is 0 Å². The predicted octanol–water partition coefficient (Wildman–Crippen LogP) is 1.39. The van der Waals surface area contributed by atoms with E-state index in [1.54, 1.807) is 6.20 Å². The van der Waals surface area contributed by atoms with Crippen molar-refractivity contribution in [2.75, 3.05) is 32.1 Å². The molecule has 1 aliphatic heterocycles. The van der Waals surface area contributed by atoms with Crippen LogP contribution in [-0.2, 0) is 0 Å². The lowest BCUT2D eigenvalue weighted by atomic mass is 10.1. The van der Waals surface area contributed by atoms with Gasteiger partial charge in [0.2, 0.25) is 0 Å². The predicted molar refractivity (Wildman–Crippen MR) is 79.6 cm³/mol. The van der Waals surface area contributed by atoms with E-state index in [9.17, 15) is 4.79 Å². The number of nitrogens with zero attached hydrogens (tertiary/aromatic N) is 2. The van der Waals surface area contributed by atoms with Crippen molar-refractivity contribution in [2.45, 2.75) is 18.9 Å². The van der Waals surface area contributed by atoms with Crippen molar-refractivity contribution < 1.29 is 4.79 Å². The third-order valence-electron chi connectivity index (χ3n) is 3.13. The van der Waals surface area contributed by atoms with Gasteiger partial charge in [-0.25, -0.2) is 4.98 Å². The van der Waals surface area contributed by atoms with E-state index in [1.807, 2.05) is 25.1 Å². The highest BCUT2D eigenvalue weighted by atomic mass is 79.9. The Bertz CT molecular complexity index is 458. The van der Waals surface area contributed by atoms with Crippen molar-refractivity contribution in [1.82, 2.24) is 15.6 Å². The topological polar surface area (TPSA) is 57.3 Å². The standard InChI is InChI=1S/C13H19BrN4O/c1-18(2)12-11(6-9(14)7-16-12)13(19)17-10-4-3-5-15-8-10/h6-7,10,15H,3-5,8H2,1-2H3,(H,17,19). The summed E-state index contributed by atoms with van der Waals surface area (Å²) in [4.78, 5) is 18.5. The highest BCUT2D eigenvalue weighted by Gasteiger charge is 2.20. The van der Waals surface area contributed by atoms with E-state index in [0.717, 1.165) is 30.4 Å². The van der Waals surface area contributed by atoms with Crippen LogP contribution in [0, 0.1) is 0 Å². The number of carbonyl (C=O) groups is 1. The lowest BCUT2D eigenvalue weighted by Gasteiger charge is -2.24. The zero-order valence-corrected chi connectivity index (χ0v) is 12.8. The number of hydrogen-bond acceptors (Lipinski definition) is 4. The van der Waals surface area contributed by atoms with E-state index in [1.165, 1.54) is 0 Å². The fourth-order valence-electron chi connectivity index (χ4n) is 2.19. The SMILES string of the molecule is CN(C)c1ncc(Br)cc1C(=O)NC1CCCNC1. The molecule has 0 spiro atoms. The summed E-state index contributed by atoms with van der Waals surface area (Å²) in [6.45, 7) is 1.87. The smallest absolute Gasteiger partial charge is 0.255 e. The second kappa shape index (κ2) is 6.34. The van der Waals surface area contributed by atoms with Gasteiger partial charge in [0, 0.05) is 37.4 Å². The van der Waals surface area contributed by atoms with Crippen LogP contribution in [0.1, 0.15) is 23.2 Å². The van der Waals surface area contributed by atoms with Crippen LogP contribution in [0.25, 0.3) is 0 Å². The van der Waals surface area contributed by atoms with E-state index in [4.69, 9.17) is 0 Å². The number of aromatic nitrogens is 1. The van der Waals surface area contributed by atoms with Crippen LogP contribution in [-0.4, -0.2) is 44.1 Å². The first kappa shape index (κ1) is 14.3. The molecule has 104 valence electrons. The molecule has 1 aliphatic rings. The molecule has 1 fully saturated rings. The van der Waals surface area contributed by atoms with Crippen molar-refractivity contribution >= 4 is 27.7 Å². The normalized spacial score (nSPS) is 19.0. The van der Waals surface area contributed by atoms with E-state index in [-0.39, 0.29) is 11.9 Å². The maximum Gasteiger partial charge on any atom is 0.255 e. The zero-order valence-electron chi connectivity index (χ0n) is 11.2. The first-order valence-electron chi connectivity index (χ1n) is 6.42. The highest BCUT2D eigenvalue weighted by molar-refractivity contribution is 9.10. The van der Waals surface area contributed by atoms with Gasteiger partial charge in [-0.1, -0.05) is 0 Å². The van der Waals surface area contributed by atoms with E-state index >= 15 is 0 Å². The summed E-state index contributed by atoms with van der Waals surface area (Å²) >= 11 is 3.37. The summed E-state index contributed by atoms with van der Waals surface area (Å²) in [6, 6.07) is 2.02. The Kier molecular flexibility index (Phi) is 4.76. The summed E-state index contributed by atoms with van der Waals surface area (Å²) in [5.74, 6) is 0.621. The minimum absolute atomic E-state index is 0.0637. The molecular formula is C13H19BrN4O. The van der Waals surface area contributed by atoms with Crippen LogP contribution in [0.15, 0.2) is 16.7 Å². The molecule has 0 aliphatic carbocycles.